The molecule has 0 spiro atoms. The highest BCUT2D eigenvalue weighted by Crippen LogP contribution is 2.35. The maximum absolute atomic E-state index is 12.4. The Bertz CT molecular complexity index is 225. The summed E-state index contributed by atoms with van der Waals surface area (Å²) in [6.07, 6.45) is -6.81. The number of halogens is 5. The van der Waals surface area contributed by atoms with E-state index in [0.29, 0.717) is 13.2 Å². The minimum atomic E-state index is -5.64. The molecule has 0 saturated heterocycles. The van der Waals surface area contributed by atoms with E-state index in [1.54, 1.807) is 0 Å². The summed E-state index contributed by atoms with van der Waals surface area (Å²) < 4.78 is 68.8. The van der Waals surface area contributed by atoms with Gasteiger partial charge in [0.2, 0.25) is 0 Å². The van der Waals surface area contributed by atoms with Crippen LogP contribution < -0.4 is 5.32 Å². The molecule has 1 atom stereocenters. The predicted octanol–water partition coefficient (Wildman–Crippen LogP) is 0.797. The lowest BCUT2D eigenvalue weighted by Gasteiger charge is -2.20. The molecule has 18 heavy (non-hydrogen) atoms. The van der Waals surface area contributed by atoms with Crippen molar-refractivity contribution in [1.29, 1.82) is 0 Å². The molecule has 0 aliphatic heterocycles. The molecule has 0 aromatic heterocycles. The molecule has 0 bridgehead atoms. The van der Waals surface area contributed by atoms with Gasteiger partial charge in [-0.15, -0.1) is 0 Å². The van der Waals surface area contributed by atoms with Gasteiger partial charge in [0.05, 0.1) is 19.3 Å². The number of rotatable bonds is 9. The molecule has 0 heterocycles. The quantitative estimate of drug-likeness (QED) is 0.485. The summed E-state index contributed by atoms with van der Waals surface area (Å²) in [5.41, 5.74) is 0. The van der Waals surface area contributed by atoms with Gasteiger partial charge in [0.25, 0.3) is 0 Å². The number of nitrogens with one attached hydrogen (secondary N) is 1. The second-order valence-corrected chi connectivity index (χ2v) is 3.57. The third-order valence-electron chi connectivity index (χ3n) is 1.87. The van der Waals surface area contributed by atoms with Crippen LogP contribution in [0.1, 0.15) is 0 Å². The van der Waals surface area contributed by atoms with Gasteiger partial charge in [0.15, 0.2) is 0 Å². The van der Waals surface area contributed by atoms with Gasteiger partial charge in [0, 0.05) is 20.2 Å². The minimum absolute atomic E-state index is 0.0148. The summed E-state index contributed by atoms with van der Waals surface area (Å²) in [4.78, 5) is 0. The van der Waals surface area contributed by atoms with E-state index < -0.39 is 31.4 Å². The van der Waals surface area contributed by atoms with Crippen LogP contribution in [0, 0.1) is 0 Å². The van der Waals surface area contributed by atoms with Crippen LogP contribution in [-0.2, 0) is 9.47 Å². The summed E-state index contributed by atoms with van der Waals surface area (Å²) >= 11 is 0. The molecule has 0 aromatic carbocycles. The van der Waals surface area contributed by atoms with Crippen molar-refractivity contribution in [2.75, 3.05) is 40.0 Å². The van der Waals surface area contributed by atoms with E-state index in [-0.39, 0.29) is 6.54 Å². The summed E-state index contributed by atoms with van der Waals surface area (Å²) in [6.45, 7) is -1.58. The Morgan fingerprint density at radius 2 is 1.83 bits per heavy atom. The number of aliphatic hydroxyl groups is 1. The van der Waals surface area contributed by atoms with E-state index in [1.807, 2.05) is 0 Å². The Labute approximate surface area is 101 Å². The predicted molar refractivity (Wildman–Crippen MR) is 52.6 cm³/mol. The largest absolute Gasteiger partial charge is 0.455 e. The van der Waals surface area contributed by atoms with Crippen molar-refractivity contribution in [1.82, 2.24) is 5.32 Å². The molecular formula is C9H16F5NO3. The highest BCUT2D eigenvalue weighted by Gasteiger charge is 2.57. The molecule has 0 radical (unpaired) electrons. The molecule has 0 rings (SSSR count). The molecule has 4 nitrogen and oxygen atoms in total. The number of ether oxygens (including phenoxy) is 2. The first-order chi connectivity index (χ1) is 8.20. The third kappa shape index (κ3) is 7.04. The molecule has 0 saturated carbocycles. The van der Waals surface area contributed by atoms with Gasteiger partial charge in [0.1, 0.15) is 6.61 Å². The third-order valence-corrected chi connectivity index (χ3v) is 1.87. The van der Waals surface area contributed by atoms with Crippen LogP contribution in [0.3, 0.4) is 0 Å². The Morgan fingerprint density at radius 1 is 1.22 bits per heavy atom. The molecule has 110 valence electrons. The lowest BCUT2D eigenvalue weighted by atomic mass is 10.3. The van der Waals surface area contributed by atoms with Crippen molar-refractivity contribution in [3.8, 4) is 0 Å². The average Bonchev–Trinajstić information content (AvgIpc) is 2.22. The smallest absolute Gasteiger partial charge is 0.389 e. The molecule has 0 aliphatic carbocycles. The van der Waals surface area contributed by atoms with E-state index in [2.05, 4.69) is 14.8 Å². The van der Waals surface area contributed by atoms with E-state index in [1.165, 1.54) is 7.11 Å². The molecule has 0 aliphatic rings. The van der Waals surface area contributed by atoms with Gasteiger partial charge in [-0.05, 0) is 0 Å². The van der Waals surface area contributed by atoms with E-state index in [9.17, 15) is 27.1 Å². The SMILES string of the molecule is COCCNCC(O)COCC(F)(F)C(F)(F)F. The van der Waals surface area contributed by atoms with Crippen LogP contribution in [0.25, 0.3) is 0 Å². The first-order valence-electron chi connectivity index (χ1n) is 5.10. The average molecular weight is 281 g/mol. The van der Waals surface area contributed by atoms with E-state index >= 15 is 0 Å². The van der Waals surface area contributed by atoms with Gasteiger partial charge in [-0.1, -0.05) is 0 Å². The zero-order valence-corrected chi connectivity index (χ0v) is 9.77. The fourth-order valence-corrected chi connectivity index (χ4v) is 0.907. The zero-order chi connectivity index (χ0) is 14.2. The standard InChI is InChI=1S/C9H16F5NO3/c1-17-3-2-15-4-7(16)5-18-6-8(10,11)9(12,13)14/h7,15-16H,2-6H2,1H3. The molecule has 9 heteroatoms. The first-order valence-corrected chi connectivity index (χ1v) is 5.10. The van der Waals surface area contributed by atoms with Crippen molar-refractivity contribution < 1.29 is 36.5 Å². The fraction of sp³-hybridized carbons (Fsp3) is 1.00. The van der Waals surface area contributed by atoms with E-state index in [0.717, 1.165) is 0 Å². The zero-order valence-electron chi connectivity index (χ0n) is 9.77. The summed E-state index contributed by atoms with van der Waals surface area (Å²) in [5, 5.41) is 11.9. The minimum Gasteiger partial charge on any atom is -0.389 e. The fourth-order valence-electron chi connectivity index (χ4n) is 0.907. The number of hydrogen-bond donors (Lipinski definition) is 2. The molecule has 2 N–H and O–H groups in total. The highest BCUT2D eigenvalue weighted by molar-refractivity contribution is 4.75. The second kappa shape index (κ2) is 7.82. The lowest BCUT2D eigenvalue weighted by Crippen LogP contribution is -2.42. The van der Waals surface area contributed by atoms with Gasteiger partial charge in [-0.2, -0.15) is 22.0 Å². The molecule has 0 amide bonds. The Kier molecular flexibility index (Phi) is 7.60. The van der Waals surface area contributed by atoms with Crippen LogP contribution in [-0.4, -0.2) is 63.3 Å². The summed E-state index contributed by atoms with van der Waals surface area (Å²) in [5.74, 6) is -4.91. The van der Waals surface area contributed by atoms with Crippen LogP contribution in [0.15, 0.2) is 0 Å². The second-order valence-electron chi connectivity index (χ2n) is 3.57. The lowest BCUT2D eigenvalue weighted by molar-refractivity contribution is -0.297. The maximum Gasteiger partial charge on any atom is 0.455 e. The van der Waals surface area contributed by atoms with Gasteiger partial charge in [-0.3, -0.25) is 0 Å². The summed E-state index contributed by atoms with van der Waals surface area (Å²) in [6, 6.07) is 0. The topological polar surface area (TPSA) is 50.7 Å². The highest BCUT2D eigenvalue weighted by atomic mass is 19.4. The number of aliphatic hydroxyl groups excluding tert-OH is 1. The molecule has 1 unspecified atom stereocenters. The van der Waals surface area contributed by atoms with Crippen molar-refractivity contribution in [2.24, 2.45) is 0 Å². The van der Waals surface area contributed by atoms with Gasteiger partial charge in [-0.25, -0.2) is 0 Å². The van der Waals surface area contributed by atoms with Gasteiger partial charge >= 0.3 is 12.1 Å². The first kappa shape index (κ1) is 17.5. The monoisotopic (exact) mass is 281 g/mol. The van der Waals surface area contributed by atoms with Crippen LogP contribution >= 0.6 is 0 Å². The Balaban J connectivity index is 3.71. The number of methoxy groups -OCH3 is 1. The Morgan fingerprint density at radius 3 is 2.33 bits per heavy atom. The van der Waals surface area contributed by atoms with Crippen molar-refractivity contribution >= 4 is 0 Å². The van der Waals surface area contributed by atoms with Crippen LogP contribution in [0.4, 0.5) is 22.0 Å². The Hall–Kier alpha value is -0.510. The normalized spacial score (nSPS) is 14.8. The van der Waals surface area contributed by atoms with E-state index in [4.69, 9.17) is 0 Å². The summed E-state index contributed by atoms with van der Waals surface area (Å²) in [7, 11) is 1.47. The van der Waals surface area contributed by atoms with Crippen molar-refractivity contribution in [3.63, 3.8) is 0 Å². The molecule has 0 fully saturated rings. The van der Waals surface area contributed by atoms with Crippen molar-refractivity contribution in [2.45, 2.75) is 18.2 Å². The molecular weight excluding hydrogens is 265 g/mol. The van der Waals surface area contributed by atoms with Crippen molar-refractivity contribution in [3.05, 3.63) is 0 Å². The maximum atomic E-state index is 12.4. The number of hydrogen-bond acceptors (Lipinski definition) is 4. The number of alkyl halides is 5. The molecule has 0 aromatic rings. The van der Waals surface area contributed by atoms with Gasteiger partial charge < -0.3 is 19.9 Å². The van der Waals surface area contributed by atoms with Crippen LogP contribution in [0.2, 0.25) is 0 Å². The van der Waals surface area contributed by atoms with Crippen LogP contribution in [0.5, 0.6) is 0 Å².